The Morgan fingerprint density at radius 3 is 2.46 bits per heavy atom. The Bertz CT molecular complexity index is 824. The number of aromatic hydroxyl groups is 1. The summed E-state index contributed by atoms with van der Waals surface area (Å²) < 4.78 is 24.5. The van der Waals surface area contributed by atoms with Gasteiger partial charge in [0.15, 0.2) is 5.78 Å². The molecule has 26 heavy (non-hydrogen) atoms. The number of nitro benzene ring substituents is 1. The van der Waals surface area contributed by atoms with Gasteiger partial charge in [0, 0.05) is 17.8 Å². The van der Waals surface area contributed by atoms with Crippen LogP contribution in [0.3, 0.4) is 0 Å². The number of anilines is 1. The summed E-state index contributed by atoms with van der Waals surface area (Å²) in [4.78, 5) is 10.4. The molecule has 3 atom stereocenters. The van der Waals surface area contributed by atoms with E-state index in [0.717, 1.165) is 0 Å². The van der Waals surface area contributed by atoms with Crippen LogP contribution in [0, 0.1) is 10.1 Å². The molecule has 0 aromatic heterocycles. The lowest BCUT2D eigenvalue weighted by Crippen LogP contribution is -2.23. The molecule has 0 unspecified atom stereocenters. The highest BCUT2D eigenvalue weighted by Crippen LogP contribution is 2.63. The number of phenols is 1. The van der Waals surface area contributed by atoms with Crippen molar-refractivity contribution in [2.24, 2.45) is 0 Å². The number of nitrogens with one attached hydrogen (secondary N) is 1. The molecule has 1 fully saturated rings. The zero-order valence-electron chi connectivity index (χ0n) is 14.1. The van der Waals surface area contributed by atoms with Gasteiger partial charge in [-0.3, -0.25) is 14.7 Å². The Morgan fingerprint density at radius 2 is 1.88 bits per heavy atom. The van der Waals surface area contributed by atoms with Gasteiger partial charge in [-0.05, 0) is 55.3 Å². The molecule has 3 rings (SSSR count). The van der Waals surface area contributed by atoms with E-state index >= 15 is 0 Å². The fourth-order valence-corrected chi connectivity index (χ4v) is 4.80. The van der Waals surface area contributed by atoms with Crippen molar-refractivity contribution >= 4 is 19.0 Å². The Balaban J connectivity index is 1.96. The number of hydrogen-bond acceptors (Lipinski definition) is 7. The van der Waals surface area contributed by atoms with Crippen LogP contribution in [0.2, 0.25) is 0 Å². The summed E-state index contributed by atoms with van der Waals surface area (Å²) in [6.45, 7) is 2.13. The monoisotopic (exact) mass is 378 g/mol. The lowest BCUT2D eigenvalue weighted by Gasteiger charge is -2.34. The average molecular weight is 378 g/mol. The summed E-state index contributed by atoms with van der Waals surface area (Å²) in [5.41, 5.74) is 1.09. The maximum absolute atomic E-state index is 13.3. The molecule has 0 radical (unpaired) electrons. The van der Waals surface area contributed by atoms with Gasteiger partial charge >= 0.3 is 7.60 Å². The molecule has 1 heterocycles. The highest BCUT2D eigenvalue weighted by Gasteiger charge is 2.41. The smallest absolute Gasteiger partial charge is 0.357 e. The Hall–Kier alpha value is -2.41. The van der Waals surface area contributed by atoms with Crippen molar-refractivity contribution in [3.05, 3.63) is 64.2 Å². The van der Waals surface area contributed by atoms with Crippen LogP contribution < -0.4 is 5.32 Å². The largest absolute Gasteiger partial charge is 0.508 e. The van der Waals surface area contributed by atoms with Crippen LogP contribution in [0.1, 0.15) is 24.7 Å². The van der Waals surface area contributed by atoms with E-state index in [1.807, 2.05) is 6.92 Å². The minimum absolute atomic E-state index is 0.0609. The second-order valence-corrected chi connectivity index (χ2v) is 8.09. The second-order valence-electron chi connectivity index (χ2n) is 6.02. The molecule has 0 spiro atoms. The summed E-state index contributed by atoms with van der Waals surface area (Å²) in [7, 11) is -3.56. The predicted octanol–water partition coefficient (Wildman–Crippen LogP) is 4.43. The van der Waals surface area contributed by atoms with Crippen LogP contribution in [0.5, 0.6) is 5.75 Å². The first-order valence-electron chi connectivity index (χ1n) is 8.10. The first-order chi connectivity index (χ1) is 12.4. The standard InChI is InChI=1S/C17H19N2O6P/c1-12-10-11-24-26(23,25-12)17(18-14-4-8-16(20)9-5-14)13-2-6-15(7-3-13)19(21)22/h2-9,12,17-18,20H,10-11H2,1H3/t12-,17-,26-/m1/s1. The van der Waals surface area contributed by atoms with Crippen molar-refractivity contribution < 1.29 is 23.6 Å². The van der Waals surface area contributed by atoms with Gasteiger partial charge in [0.25, 0.3) is 5.69 Å². The molecule has 1 aliphatic rings. The van der Waals surface area contributed by atoms with Crippen molar-refractivity contribution in [2.45, 2.75) is 25.2 Å². The number of benzene rings is 2. The molecule has 2 N–H and O–H groups in total. The minimum atomic E-state index is -3.56. The van der Waals surface area contributed by atoms with Crippen molar-refractivity contribution in [2.75, 3.05) is 11.9 Å². The second kappa shape index (κ2) is 7.45. The van der Waals surface area contributed by atoms with E-state index in [9.17, 15) is 19.8 Å². The maximum atomic E-state index is 13.3. The van der Waals surface area contributed by atoms with Gasteiger partial charge in [0.05, 0.1) is 17.6 Å². The quantitative estimate of drug-likeness (QED) is 0.343. The van der Waals surface area contributed by atoms with Crippen molar-refractivity contribution in [1.29, 1.82) is 0 Å². The van der Waals surface area contributed by atoms with Crippen LogP contribution in [0.4, 0.5) is 11.4 Å². The predicted molar refractivity (Wildman–Crippen MR) is 96.3 cm³/mol. The minimum Gasteiger partial charge on any atom is -0.508 e. The van der Waals surface area contributed by atoms with Gasteiger partial charge in [0.1, 0.15) is 5.75 Å². The lowest BCUT2D eigenvalue weighted by molar-refractivity contribution is -0.384. The number of rotatable bonds is 5. The van der Waals surface area contributed by atoms with Gasteiger partial charge in [-0.25, -0.2) is 0 Å². The number of nitro groups is 1. The summed E-state index contributed by atoms with van der Waals surface area (Å²) in [5.74, 6) is -0.733. The number of hydrogen-bond donors (Lipinski definition) is 2. The third kappa shape index (κ3) is 4.04. The van der Waals surface area contributed by atoms with Crippen LogP contribution in [0.15, 0.2) is 48.5 Å². The molecule has 0 amide bonds. The summed E-state index contributed by atoms with van der Waals surface area (Å²) in [6, 6.07) is 12.0. The summed E-state index contributed by atoms with van der Waals surface area (Å²) >= 11 is 0. The SMILES string of the molecule is C[C@@H]1CCO[P@](=O)([C@@H](Nc2ccc(O)cc2)c2ccc([N+](=O)[O-])cc2)O1. The van der Waals surface area contributed by atoms with E-state index in [1.54, 1.807) is 12.1 Å². The van der Waals surface area contributed by atoms with Crippen molar-refractivity contribution in [3.63, 3.8) is 0 Å². The van der Waals surface area contributed by atoms with E-state index < -0.39 is 18.3 Å². The molecule has 0 aliphatic carbocycles. The number of non-ortho nitro benzene ring substituents is 1. The third-order valence-corrected chi connectivity index (χ3v) is 6.28. The first-order valence-corrected chi connectivity index (χ1v) is 9.71. The van der Waals surface area contributed by atoms with Crippen molar-refractivity contribution in [1.82, 2.24) is 0 Å². The number of nitrogens with zero attached hydrogens (tertiary/aromatic N) is 1. The van der Waals surface area contributed by atoms with Gasteiger partial charge in [0.2, 0.25) is 0 Å². The molecule has 1 aliphatic heterocycles. The zero-order valence-corrected chi connectivity index (χ0v) is 15.0. The van der Waals surface area contributed by atoms with Gasteiger partial charge in [-0.1, -0.05) is 0 Å². The van der Waals surface area contributed by atoms with Crippen LogP contribution in [-0.2, 0) is 13.6 Å². The number of phenolic OH excluding ortho intramolecular Hbond substituents is 1. The Kier molecular flexibility index (Phi) is 5.27. The summed E-state index contributed by atoms with van der Waals surface area (Å²) in [6.07, 6.45) is 0.410. The molecule has 138 valence electrons. The third-order valence-electron chi connectivity index (χ3n) is 4.03. The Labute approximate surface area is 150 Å². The van der Waals surface area contributed by atoms with E-state index in [4.69, 9.17) is 9.05 Å². The molecule has 1 saturated heterocycles. The zero-order chi connectivity index (χ0) is 18.7. The molecular formula is C17H19N2O6P. The average Bonchev–Trinajstić information content (AvgIpc) is 2.61. The van der Waals surface area contributed by atoms with Crippen LogP contribution in [0.25, 0.3) is 0 Å². The van der Waals surface area contributed by atoms with Crippen LogP contribution >= 0.6 is 7.60 Å². The Morgan fingerprint density at radius 1 is 1.23 bits per heavy atom. The highest BCUT2D eigenvalue weighted by atomic mass is 31.2. The fourth-order valence-electron chi connectivity index (χ4n) is 2.65. The molecule has 8 nitrogen and oxygen atoms in total. The van der Waals surface area contributed by atoms with E-state index in [0.29, 0.717) is 24.3 Å². The molecule has 2 aromatic carbocycles. The van der Waals surface area contributed by atoms with Gasteiger partial charge in [-0.2, -0.15) is 0 Å². The van der Waals surface area contributed by atoms with Gasteiger partial charge in [-0.15, -0.1) is 0 Å². The fraction of sp³-hybridized carbons (Fsp3) is 0.294. The van der Waals surface area contributed by atoms with E-state index in [-0.39, 0.29) is 17.5 Å². The molecule has 0 saturated carbocycles. The highest BCUT2D eigenvalue weighted by molar-refractivity contribution is 7.54. The normalized spacial score (nSPS) is 24.0. The van der Waals surface area contributed by atoms with E-state index in [1.165, 1.54) is 36.4 Å². The van der Waals surface area contributed by atoms with Gasteiger partial charge < -0.3 is 19.5 Å². The molecule has 0 bridgehead atoms. The molecule has 2 aromatic rings. The van der Waals surface area contributed by atoms with E-state index in [2.05, 4.69) is 5.32 Å². The topological polar surface area (TPSA) is 111 Å². The van der Waals surface area contributed by atoms with Crippen molar-refractivity contribution in [3.8, 4) is 5.75 Å². The first kappa shape index (κ1) is 18.4. The molecular weight excluding hydrogens is 359 g/mol. The molecule has 9 heteroatoms. The van der Waals surface area contributed by atoms with Crippen LogP contribution in [-0.4, -0.2) is 22.7 Å². The lowest BCUT2D eigenvalue weighted by atomic mass is 10.2. The summed E-state index contributed by atoms with van der Waals surface area (Å²) in [5, 5.41) is 23.4. The maximum Gasteiger partial charge on any atom is 0.357 e.